The summed E-state index contributed by atoms with van der Waals surface area (Å²) in [4.78, 5) is 0. The van der Waals surface area contributed by atoms with Crippen molar-refractivity contribution in [2.24, 2.45) is 11.8 Å². The van der Waals surface area contributed by atoms with Crippen molar-refractivity contribution >= 4 is 0 Å². The summed E-state index contributed by atoms with van der Waals surface area (Å²) in [5.41, 5.74) is 0. The molecule has 1 rings (SSSR count). The van der Waals surface area contributed by atoms with Crippen LogP contribution in [0.5, 0.6) is 11.5 Å². The molecule has 0 bridgehead atoms. The molecule has 108 valence electrons. The number of hydrogen-bond donors (Lipinski definition) is 1. The van der Waals surface area contributed by atoms with Crippen molar-refractivity contribution in [3.8, 4) is 11.5 Å². The van der Waals surface area contributed by atoms with Gasteiger partial charge in [0.05, 0.1) is 19.3 Å². The minimum atomic E-state index is -0.300. The monoisotopic (exact) mass is 266 g/mol. The van der Waals surface area contributed by atoms with Gasteiger partial charge >= 0.3 is 0 Å². The first-order valence-corrected chi connectivity index (χ1v) is 7.09. The standard InChI is InChI=1S/C16H26O3/c1-5-18-15-8-6-7-9-16(15)19-11-10-14(12(2)3)13(4)17/h6-9,12-14,17H,5,10-11H2,1-4H3. The minimum absolute atomic E-state index is 0.263. The van der Waals surface area contributed by atoms with Crippen LogP contribution in [0.15, 0.2) is 24.3 Å². The van der Waals surface area contributed by atoms with Crippen LogP contribution in [-0.4, -0.2) is 24.4 Å². The zero-order chi connectivity index (χ0) is 14.3. The van der Waals surface area contributed by atoms with Crippen LogP contribution in [0.1, 0.15) is 34.1 Å². The van der Waals surface area contributed by atoms with E-state index >= 15 is 0 Å². The second-order valence-electron chi connectivity index (χ2n) is 5.17. The van der Waals surface area contributed by atoms with Crippen LogP contribution in [0.3, 0.4) is 0 Å². The Kier molecular flexibility index (Phi) is 6.71. The Morgan fingerprint density at radius 3 is 2.11 bits per heavy atom. The molecule has 0 heterocycles. The second-order valence-corrected chi connectivity index (χ2v) is 5.17. The lowest BCUT2D eigenvalue weighted by molar-refractivity contribution is 0.0804. The first kappa shape index (κ1) is 15.8. The first-order chi connectivity index (χ1) is 9.06. The molecule has 1 N–H and O–H groups in total. The molecule has 1 aromatic carbocycles. The molecule has 2 atom stereocenters. The van der Waals surface area contributed by atoms with Crippen molar-refractivity contribution in [3.63, 3.8) is 0 Å². The summed E-state index contributed by atoms with van der Waals surface area (Å²) in [6, 6.07) is 7.70. The van der Waals surface area contributed by atoms with E-state index in [1.807, 2.05) is 38.1 Å². The second kappa shape index (κ2) is 8.05. The molecule has 0 amide bonds. The molecule has 3 heteroatoms. The quantitative estimate of drug-likeness (QED) is 0.782. The molecule has 0 spiro atoms. The van der Waals surface area contributed by atoms with E-state index in [4.69, 9.17) is 9.47 Å². The van der Waals surface area contributed by atoms with E-state index in [1.165, 1.54) is 0 Å². The Bertz CT molecular complexity index is 353. The minimum Gasteiger partial charge on any atom is -0.490 e. The third kappa shape index (κ3) is 5.11. The normalized spacial score (nSPS) is 14.2. The van der Waals surface area contributed by atoms with E-state index in [9.17, 15) is 5.11 Å². The average molecular weight is 266 g/mol. The molecule has 0 fully saturated rings. The zero-order valence-corrected chi connectivity index (χ0v) is 12.4. The van der Waals surface area contributed by atoms with E-state index < -0.39 is 0 Å². The van der Waals surface area contributed by atoms with Gasteiger partial charge < -0.3 is 14.6 Å². The largest absolute Gasteiger partial charge is 0.490 e. The Balaban J connectivity index is 2.52. The summed E-state index contributed by atoms with van der Waals surface area (Å²) in [5.74, 6) is 2.27. The SMILES string of the molecule is CCOc1ccccc1OCCC(C(C)C)C(C)O. The Labute approximate surface area is 116 Å². The summed E-state index contributed by atoms with van der Waals surface area (Å²) in [5, 5.41) is 9.74. The van der Waals surface area contributed by atoms with Gasteiger partial charge in [0.25, 0.3) is 0 Å². The maximum Gasteiger partial charge on any atom is 0.161 e. The van der Waals surface area contributed by atoms with Gasteiger partial charge in [-0.2, -0.15) is 0 Å². The molecule has 0 aliphatic rings. The average Bonchev–Trinajstić information content (AvgIpc) is 2.35. The molecule has 0 aliphatic carbocycles. The van der Waals surface area contributed by atoms with E-state index in [1.54, 1.807) is 0 Å². The number of aliphatic hydroxyl groups excluding tert-OH is 1. The molecule has 3 nitrogen and oxygen atoms in total. The highest BCUT2D eigenvalue weighted by Gasteiger charge is 2.19. The Morgan fingerprint density at radius 2 is 1.63 bits per heavy atom. The van der Waals surface area contributed by atoms with E-state index in [-0.39, 0.29) is 12.0 Å². The summed E-state index contributed by atoms with van der Waals surface area (Å²) < 4.78 is 11.3. The number of rotatable bonds is 8. The lowest BCUT2D eigenvalue weighted by atomic mass is 9.88. The van der Waals surface area contributed by atoms with Gasteiger partial charge in [0.1, 0.15) is 0 Å². The van der Waals surface area contributed by atoms with Gasteiger partial charge in [-0.05, 0) is 44.2 Å². The smallest absolute Gasteiger partial charge is 0.161 e. The predicted molar refractivity (Wildman–Crippen MR) is 77.7 cm³/mol. The first-order valence-electron chi connectivity index (χ1n) is 7.09. The molecule has 0 aromatic heterocycles. The lowest BCUT2D eigenvalue weighted by Crippen LogP contribution is -2.24. The maximum atomic E-state index is 9.74. The van der Waals surface area contributed by atoms with E-state index in [0.717, 1.165) is 17.9 Å². The van der Waals surface area contributed by atoms with Crippen molar-refractivity contribution < 1.29 is 14.6 Å². The highest BCUT2D eigenvalue weighted by atomic mass is 16.5. The van der Waals surface area contributed by atoms with Crippen molar-refractivity contribution in [1.82, 2.24) is 0 Å². The molecule has 1 aromatic rings. The van der Waals surface area contributed by atoms with Gasteiger partial charge in [0, 0.05) is 0 Å². The topological polar surface area (TPSA) is 38.7 Å². The van der Waals surface area contributed by atoms with Gasteiger partial charge in [0.15, 0.2) is 11.5 Å². The van der Waals surface area contributed by atoms with Crippen LogP contribution in [0, 0.1) is 11.8 Å². The van der Waals surface area contributed by atoms with Crippen molar-refractivity contribution in [2.75, 3.05) is 13.2 Å². The van der Waals surface area contributed by atoms with Gasteiger partial charge in [-0.1, -0.05) is 26.0 Å². The van der Waals surface area contributed by atoms with Crippen LogP contribution >= 0.6 is 0 Å². The fourth-order valence-corrected chi connectivity index (χ4v) is 2.28. The van der Waals surface area contributed by atoms with Gasteiger partial charge in [0.2, 0.25) is 0 Å². The maximum absolute atomic E-state index is 9.74. The Hall–Kier alpha value is -1.22. The zero-order valence-electron chi connectivity index (χ0n) is 12.4. The fraction of sp³-hybridized carbons (Fsp3) is 0.625. The van der Waals surface area contributed by atoms with E-state index in [2.05, 4.69) is 13.8 Å². The number of hydrogen-bond acceptors (Lipinski definition) is 3. The third-order valence-electron chi connectivity index (χ3n) is 3.33. The number of benzene rings is 1. The van der Waals surface area contributed by atoms with Crippen LogP contribution < -0.4 is 9.47 Å². The summed E-state index contributed by atoms with van der Waals surface area (Å²) >= 11 is 0. The van der Waals surface area contributed by atoms with Crippen LogP contribution in [0.2, 0.25) is 0 Å². The Morgan fingerprint density at radius 1 is 1.05 bits per heavy atom. The summed E-state index contributed by atoms with van der Waals surface area (Å²) in [6.45, 7) is 9.29. The van der Waals surface area contributed by atoms with Crippen LogP contribution in [0.4, 0.5) is 0 Å². The molecule has 2 unspecified atom stereocenters. The number of aliphatic hydroxyl groups is 1. The summed E-state index contributed by atoms with van der Waals surface area (Å²) in [6.07, 6.45) is 0.543. The molecule has 19 heavy (non-hydrogen) atoms. The van der Waals surface area contributed by atoms with Gasteiger partial charge in [-0.3, -0.25) is 0 Å². The molecule has 0 radical (unpaired) electrons. The van der Waals surface area contributed by atoms with Crippen LogP contribution in [-0.2, 0) is 0 Å². The number of para-hydroxylation sites is 2. The summed E-state index contributed by atoms with van der Waals surface area (Å²) in [7, 11) is 0. The fourth-order valence-electron chi connectivity index (χ4n) is 2.28. The molecule has 0 saturated carbocycles. The van der Waals surface area contributed by atoms with Crippen molar-refractivity contribution in [2.45, 2.75) is 40.2 Å². The molecular weight excluding hydrogens is 240 g/mol. The van der Waals surface area contributed by atoms with E-state index in [0.29, 0.717) is 19.1 Å². The third-order valence-corrected chi connectivity index (χ3v) is 3.33. The number of ether oxygens (including phenoxy) is 2. The molecule has 0 saturated heterocycles. The molecular formula is C16H26O3. The molecule has 0 aliphatic heterocycles. The highest BCUT2D eigenvalue weighted by Crippen LogP contribution is 2.27. The van der Waals surface area contributed by atoms with Crippen molar-refractivity contribution in [1.29, 1.82) is 0 Å². The van der Waals surface area contributed by atoms with Gasteiger partial charge in [-0.15, -0.1) is 0 Å². The predicted octanol–water partition coefficient (Wildman–Crippen LogP) is 3.51. The van der Waals surface area contributed by atoms with Crippen LogP contribution in [0.25, 0.3) is 0 Å². The lowest BCUT2D eigenvalue weighted by Gasteiger charge is -2.23. The highest BCUT2D eigenvalue weighted by molar-refractivity contribution is 5.39. The van der Waals surface area contributed by atoms with Gasteiger partial charge in [-0.25, -0.2) is 0 Å². The van der Waals surface area contributed by atoms with Crippen molar-refractivity contribution in [3.05, 3.63) is 24.3 Å².